The van der Waals surface area contributed by atoms with Crippen LogP contribution in [0.15, 0.2) is 35.9 Å². The van der Waals surface area contributed by atoms with E-state index in [0.29, 0.717) is 23.2 Å². The Labute approximate surface area is 191 Å². The van der Waals surface area contributed by atoms with E-state index in [1.807, 2.05) is 19.1 Å². The highest BCUT2D eigenvalue weighted by molar-refractivity contribution is 8.13. The number of aromatic hydroxyl groups is 1. The number of benzene rings is 1. The van der Waals surface area contributed by atoms with E-state index in [9.17, 15) is 9.90 Å². The van der Waals surface area contributed by atoms with Gasteiger partial charge in [0, 0.05) is 17.2 Å². The van der Waals surface area contributed by atoms with E-state index in [2.05, 4.69) is 26.5 Å². The molecule has 0 radical (unpaired) electrons. The standard InChI is InChI=1S/C26H36O4S/c1-5-6-7-8-19-14-23(27)25(22-13-18(4)9-10-21(22)17(2)3)24(15-19)30-26(28)31-12-11-20-16-29-20/h13-15,20-22,27H,2,5-12,16H2,1,3-4H3/t20?,21-,22+/m0/s1. The first-order chi connectivity index (χ1) is 14.9. The maximum atomic E-state index is 12.6. The number of carbonyl (C=O) groups is 1. The molecule has 1 aromatic carbocycles. The molecule has 31 heavy (non-hydrogen) atoms. The van der Waals surface area contributed by atoms with Gasteiger partial charge >= 0.3 is 5.30 Å². The summed E-state index contributed by atoms with van der Waals surface area (Å²) < 4.78 is 11.1. The molecule has 4 nitrogen and oxygen atoms in total. The molecule has 1 aliphatic heterocycles. The summed E-state index contributed by atoms with van der Waals surface area (Å²) in [4.78, 5) is 12.6. The normalized spacial score (nSPS) is 22.7. The van der Waals surface area contributed by atoms with Crippen LogP contribution in [-0.4, -0.2) is 28.9 Å². The molecule has 3 atom stereocenters. The molecule has 5 heteroatoms. The molecule has 3 rings (SSSR count). The first-order valence-corrected chi connectivity index (χ1v) is 12.5. The van der Waals surface area contributed by atoms with Gasteiger partial charge in [-0.2, -0.15) is 0 Å². The van der Waals surface area contributed by atoms with Crippen molar-refractivity contribution in [1.82, 2.24) is 0 Å². The summed E-state index contributed by atoms with van der Waals surface area (Å²) in [6.07, 6.45) is 9.58. The van der Waals surface area contributed by atoms with Crippen molar-refractivity contribution in [3.63, 3.8) is 0 Å². The second kappa shape index (κ2) is 11.2. The van der Waals surface area contributed by atoms with E-state index in [1.54, 1.807) is 0 Å². The number of hydrogen-bond acceptors (Lipinski definition) is 5. The van der Waals surface area contributed by atoms with E-state index in [4.69, 9.17) is 9.47 Å². The number of ether oxygens (including phenoxy) is 2. The number of carbonyl (C=O) groups excluding carboxylic acids is 1. The zero-order valence-electron chi connectivity index (χ0n) is 19.1. The van der Waals surface area contributed by atoms with Gasteiger partial charge in [0.05, 0.1) is 12.7 Å². The predicted octanol–water partition coefficient (Wildman–Crippen LogP) is 7.16. The summed E-state index contributed by atoms with van der Waals surface area (Å²) in [5.74, 6) is 1.57. The first-order valence-electron chi connectivity index (χ1n) is 11.5. The molecule has 1 aromatic rings. The molecule has 1 heterocycles. The van der Waals surface area contributed by atoms with Crippen LogP contribution in [0.1, 0.15) is 76.3 Å². The van der Waals surface area contributed by atoms with Crippen LogP contribution >= 0.6 is 11.8 Å². The second-order valence-corrected chi connectivity index (χ2v) is 9.99. The van der Waals surface area contributed by atoms with Crippen LogP contribution in [0.5, 0.6) is 11.5 Å². The van der Waals surface area contributed by atoms with Gasteiger partial charge in [0.1, 0.15) is 11.5 Å². The Balaban J connectivity index is 1.88. The summed E-state index contributed by atoms with van der Waals surface area (Å²) in [6, 6.07) is 3.81. The third-order valence-electron chi connectivity index (χ3n) is 6.22. The predicted molar refractivity (Wildman–Crippen MR) is 128 cm³/mol. The van der Waals surface area contributed by atoms with Gasteiger partial charge in [-0.3, -0.25) is 0 Å². The Morgan fingerprint density at radius 1 is 1.35 bits per heavy atom. The summed E-state index contributed by atoms with van der Waals surface area (Å²) in [7, 11) is 0. The van der Waals surface area contributed by atoms with Gasteiger partial charge in [0.25, 0.3) is 0 Å². The number of allylic oxidation sites excluding steroid dienone is 3. The molecule has 1 aliphatic carbocycles. The molecule has 2 aliphatic rings. The topological polar surface area (TPSA) is 59.1 Å². The van der Waals surface area contributed by atoms with Crippen molar-refractivity contribution < 1.29 is 19.4 Å². The lowest BCUT2D eigenvalue weighted by molar-refractivity contribution is 0.226. The Bertz CT molecular complexity index is 825. The third kappa shape index (κ3) is 6.88. The van der Waals surface area contributed by atoms with Crippen LogP contribution in [-0.2, 0) is 11.2 Å². The van der Waals surface area contributed by atoms with E-state index in [-0.39, 0.29) is 22.9 Å². The smallest absolute Gasteiger partial charge is 0.372 e. The third-order valence-corrected chi connectivity index (χ3v) is 6.98. The number of hydrogen-bond donors (Lipinski definition) is 1. The number of epoxide rings is 1. The number of phenolic OH excluding ortho intramolecular Hbond substituents is 1. The maximum Gasteiger partial charge on any atom is 0.372 e. The Morgan fingerprint density at radius 3 is 2.81 bits per heavy atom. The summed E-state index contributed by atoms with van der Waals surface area (Å²) in [6.45, 7) is 11.3. The van der Waals surface area contributed by atoms with Crippen LogP contribution in [0.3, 0.4) is 0 Å². The minimum atomic E-state index is -0.324. The number of aryl methyl sites for hydroxylation is 1. The van der Waals surface area contributed by atoms with Gasteiger partial charge in [-0.25, -0.2) is 4.79 Å². The van der Waals surface area contributed by atoms with Crippen LogP contribution in [0.2, 0.25) is 0 Å². The Hall–Kier alpha value is -1.72. The quantitative estimate of drug-likeness (QED) is 0.179. The fourth-order valence-corrected chi connectivity index (χ4v) is 5.04. The van der Waals surface area contributed by atoms with Crippen molar-refractivity contribution >= 4 is 17.1 Å². The molecule has 0 bridgehead atoms. The van der Waals surface area contributed by atoms with E-state index >= 15 is 0 Å². The lowest BCUT2D eigenvalue weighted by atomic mass is 9.73. The average Bonchev–Trinajstić information content (AvgIpc) is 3.52. The highest BCUT2D eigenvalue weighted by atomic mass is 32.2. The lowest BCUT2D eigenvalue weighted by Crippen LogP contribution is -2.18. The van der Waals surface area contributed by atoms with E-state index < -0.39 is 0 Å². The molecule has 1 unspecified atom stereocenters. The van der Waals surface area contributed by atoms with Crippen molar-refractivity contribution in [2.45, 2.75) is 77.7 Å². The summed E-state index contributed by atoms with van der Waals surface area (Å²) >= 11 is 1.18. The van der Waals surface area contributed by atoms with Crippen LogP contribution in [0.25, 0.3) is 0 Å². The minimum absolute atomic E-state index is 0.0383. The maximum absolute atomic E-state index is 12.6. The van der Waals surface area contributed by atoms with Gasteiger partial charge in [0.15, 0.2) is 0 Å². The van der Waals surface area contributed by atoms with E-state index in [0.717, 1.165) is 62.7 Å². The molecular weight excluding hydrogens is 408 g/mol. The van der Waals surface area contributed by atoms with Gasteiger partial charge in [0.2, 0.25) is 0 Å². The van der Waals surface area contributed by atoms with Crippen molar-refractivity contribution in [2.75, 3.05) is 12.4 Å². The van der Waals surface area contributed by atoms with Crippen LogP contribution < -0.4 is 4.74 Å². The lowest BCUT2D eigenvalue weighted by Gasteiger charge is -2.32. The van der Waals surface area contributed by atoms with Gasteiger partial charge in [-0.05, 0) is 81.3 Å². The largest absolute Gasteiger partial charge is 0.507 e. The monoisotopic (exact) mass is 444 g/mol. The number of thioether (sulfide) groups is 1. The van der Waals surface area contributed by atoms with Crippen LogP contribution in [0.4, 0.5) is 4.79 Å². The van der Waals surface area contributed by atoms with E-state index in [1.165, 1.54) is 17.3 Å². The minimum Gasteiger partial charge on any atom is -0.507 e. The fraction of sp³-hybridized carbons (Fsp3) is 0.577. The summed E-state index contributed by atoms with van der Waals surface area (Å²) in [5, 5.41) is 10.7. The molecule has 1 saturated heterocycles. The summed E-state index contributed by atoms with van der Waals surface area (Å²) in [5.41, 5.74) is 4.12. The molecule has 0 saturated carbocycles. The Kier molecular flexibility index (Phi) is 8.67. The fourth-order valence-electron chi connectivity index (χ4n) is 4.34. The van der Waals surface area contributed by atoms with Crippen molar-refractivity contribution in [3.05, 3.63) is 47.1 Å². The van der Waals surface area contributed by atoms with Gasteiger partial charge in [-0.15, -0.1) is 0 Å². The van der Waals surface area contributed by atoms with Gasteiger partial charge < -0.3 is 14.6 Å². The average molecular weight is 445 g/mol. The zero-order valence-corrected chi connectivity index (χ0v) is 19.9. The van der Waals surface area contributed by atoms with Crippen molar-refractivity contribution in [3.8, 4) is 11.5 Å². The molecule has 0 aromatic heterocycles. The molecule has 0 spiro atoms. The second-order valence-electron chi connectivity index (χ2n) is 8.96. The molecule has 170 valence electrons. The highest BCUT2D eigenvalue weighted by Crippen LogP contribution is 2.47. The molecule has 0 amide bonds. The Morgan fingerprint density at radius 2 is 2.13 bits per heavy atom. The first kappa shape index (κ1) is 23.9. The zero-order chi connectivity index (χ0) is 22.4. The number of unbranched alkanes of at least 4 members (excludes halogenated alkanes) is 2. The molecular formula is C26H36O4S. The number of phenols is 1. The van der Waals surface area contributed by atoms with Crippen LogP contribution in [0, 0.1) is 5.92 Å². The van der Waals surface area contributed by atoms with Crippen molar-refractivity contribution in [2.24, 2.45) is 5.92 Å². The van der Waals surface area contributed by atoms with Gasteiger partial charge in [-0.1, -0.05) is 43.6 Å². The van der Waals surface area contributed by atoms with Crippen molar-refractivity contribution in [1.29, 1.82) is 0 Å². The SMILES string of the molecule is C=C(C)[C@@H]1CCC(C)=C[C@H]1c1c(O)cc(CCCCC)cc1OC(=O)SCCC1CO1. The number of rotatable bonds is 10. The highest BCUT2D eigenvalue weighted by Gasteiger charge is 2.31. The molecule has 1 N–H and O–H groups in total. The molecule has 1 fully saturated rings.